The third kappa shape index (κ3) is 2.86. The topological polar surface area (TPSA) is 39.1 Å². The summed E-state index contributed by atoms with van der Waals surface area (Å²) in [4.78, 5) is 0. The zero-order valence-electron chi connectivity index (χ0n) is 12.3. The molecule has 1 aliphatic rings. The first-order valence-corrected chi connectivity index (χ1v) is 7.50. The number of hydrogen-bond acceptors (Lipinski definition) is 3. The summed E-state index contributed by atoms with van der Waals surface area (Å²) in [6, 6.07) is 9.52. The highest BCUT2D eigenvalue weighted by Gasteiger charge is 2.25. The van der Waals surface area contributed by atoms with Crippen molar-refractivity contribution >= 4 is 10.9 Å². The number of rotatable bonds is 7. The molecule has 0 saturated heterocycles. The van der Waals surface area contributed by atoms with Gasteiger partial charge in [0.25, 0.3) is 0 Å². The van der Waals surface area contributed by atoms with Crippen molar-refractivity contribution in [1.82, 2.24) is 15.1 Å². The van der Waals surface area contributed by atoms with Crippen LogP contribution in [0.2, 0.25) is 0 Å². The summed E-state index contributed by atoms with van der Waals surface area (Å²) in [5.41, 5.74) is 2.40. The predicted octanol–water partition coefficient (Wildman–Crippen LogP) is 2.89. The first-order chi connectivity index (χ1) is 9.79. The van der Waals surface area contributed by atoms with Gasteiger partial charge < -0.3 is 10.1 Å². The lowest BCUT2D eigenvalue weighted by atomic mass is 10.1. The number of para-hydroxylation sites is 1. The average Bonchev–Trinajstić information content (AvgIpc) is 3.19. The van der Waals surface area contributed by atoms with Crippen molar-refractivity contribution in [1.29, 1.82) is 0 Å². The molecule has 2 aromatic rings. The van der Waals surface area contributed by atoms with E-state index in [1.807, 2.05) is 0 Å². The molecule has 1 aromatic heterocycles. The summed E-state index contributed by atoms with van der Waals surface area (Å²) in [5.74, 6) is 0. The van der Waals surface area contributed by atoms with Crippen LogP contribution < -0.4 is 5.32 Å². The molecule has 3 rings (SSSR count). The Bertz CT molecular complexity index is 574. The number of methoxy groups -OCH3 is 1. The van der Waals surface area contributed by atoms with Crippen LogP contribution in [-0.4, -0.2) is 29.5 Å². The highest BCUT2D eigenvalue weighted by Crippen LogP contribution is 2.28. The molecular formula is C16H23N3O. The van der Waals surface area contributed by atoms with Gasteiger partial charge in [-0.1, -0.05) is 18.2 Å². The van der Waals surface area contributed by atoms with Gasteiger partial charge in [0, 0.05) is 37.7 Å². The van der Waals surface area contributed by atoms with Gasteiger partial charge in [-0.25, -0.2) is 0 Å². The number of hydrogen-bond donors (Lipinski definition) is 1. The van der Waals surface area contributed by atoms with Crippen LogP contribution in [0.15, 0.2) is 24.3 Å². The molecule has 0 amide bonds. The molecular weight excluding hydrogens is 250 g/mol. The van der Waals surface area contributed by atoms with Crippen LogP contribution in [-0.2, 0) is 11.3 Å². The van der Waals surface area contributed by atoms with E-state index in [-0.39, 0.29) is 0 Å². The molecule has 0 spiro atoms. The molecule has 4 nitrogen and oxygen atoms in total. The van der Waals surface area contributed by atoms with Gasteiger partial charge in [-0.05, 0) is 32.3 Å². The van der Waals surface area contributed by atoms with Gasteiger partial charge in [0.1, 0.15) is 0 Å². The molecule has 1 fully saturated rings. The maximum absolute atomic E-state index is 5.14. The maximum Gasteiger partial charge on any atom is 0.0869 e. The second kappa shape index (κ2) is 5.94. The summed E-state index contributed by atoms with van der Waals surface area (Å²) in [6.07, 6.45) is 3.60. The molecule has 1 unspecified atom stereocenters. The Morgan fingerprint density at radius 3 is 2.95 bits per heavy atom. The van der Waals surface area contributed by atoms with E-state index in [0.717, 1.165) is 19.6 Å². The van der Waals surface area contributed by atoms with Crippen molar-refractivity contribution in [2.45, 2.75) is 44.8 Å². The number of fused-ring (bicyclic) bond motifs is 1. The van der Waals surface area contributed by atoms with Crippen LogP contribution in [0.4, 0.5) is 0 Å². The van der Waals surface area contributed by atoms with Gasteiger partial charge in [0.05, 0.1) is 11.2 Å². The smallest absolute Gasteiger partial charge is 0.0869 e. The number of aryl methyl sites for hydroxylation is 1. The summed E-state index contributed by atoms with van der Waals surface area (Å²) < 4.78 is 7.26. The summed E-state index contributed by atoms with van der Waals surface area (Å²) in [7, 11) is 1.74. The van der Waals surface area contributed by atoms with Gasteiger partial charge in [-0.3, -0.25) is 4.68 Å². The standard InChI is InChI=1S/C16H23N3O/c1-12(17-13-8-9-13)16-14-6-3-4-7-15(14)19(18-16)10-5-11-20-2/h3-4,6-7,12-13,17H,5,8-11H2,1-2H3. The Morgan fingerprint density at radius 2 is 2.20 bits per heavy atom. The van der Waals surface area contributed by atoms with Crippen molar-refractivity contribution in [3.63, 3.8) is 0 Å². The van der Waals surface area contributed by atoms with Crippen LogP contribution in [0.25, 0.3) is 10.9 Å². The van der Waals surface area contributed by atoms with Crippen molar-refractivity contribution in [2.24, 2.45) is 0 Å². The van der Waals surface area contributed by atoms with Gasteiger partial charge in [0.15, 0.2) is 0 Å². The largest absolute Gasteiger partial charge is 0.385 e. The van der Waals surface area contributed by atoms with Crippen LogP contribution >= 0.6 is 0 Å². The van der Waals surface area contributed by atoms with E-state index in [1.165, 1.54) is 29.4 Å². The van der Waals surface area contributed by atoms with Crippen molar-refractivity contribution < 1.29 is 4.74 Å². The molecule has 0 radical (unpaired) electrons. The third-order valence-electron chi connectivity index (χ3n) is 3.88. The second-order valence-corrected chi connectivity index (χ2v) is 5.63. The first kappa shape index (κ1) is 13.6. The Hall–Kier alpha value is -1.39. The average molecular weight is 273 g/mol. The molecule has 1 saturated carbocycles. The fraction of sp³-hybridized carbons (Fsp3) is 0.562. The molecule has 108 valence electrons. The van der Waals surface area contributed by atoms with Crippen molar-refractivity contribution in [2.75, 3.05) is 13.7 Å². The molecule has 20 heavy (non-hydrogen) atoms. The summed E-state index contributed by atoms with van der Waals surface area (Å²) in [6.45, 7) is 3.90. The number of aromatic nitrogens is 2. The zero-order valence-corrected chi connectivity index (χ0v) is 12.3. The van der Waals surface area contributed by atoms with E-state index < -0.39 is 0 Å². The Kier molecular flexibility index (Phi) is 4.03. The SMILES string of the molecule is COCCCn1nc(C(C)NC2CC2)c2ccccc21. The molecule has 1 aliphatic carbocycles. The maximum atomic E-state index is 5.14. The van der Waals surface area contributed by atoms with Crippen LogP contribution in [0, 0.1) is 0 Å². The summed E-state index contributed by atoms with van der Waals surface area (Å²) in [5, 5.41) is 9.75. The van der Waals surface area contributed by atoms with E-state index in [4.69, 9.17) is 9.84 Å². The first-order valence-electron chi connectivity index (χ1n) is 7.50. The molecule has 1 aromatic carbocycles. The fourth-order valence-corrected chi connectivity index (χ4v) is 2.68. The Balaban J connectivity index is 1.86. The fourth-order valence-electron chi connectivity index (χ4n) is 2.68. The zero-order chi connectivity index (χ0) is 13.9. The van der Waals surface area contributed by atoms with Gasteiger partial charge in [-0.2, -0.15) is 5.10 Å². The lowest BCUT2D eigenvalue weighted by molar-refractivity contribution is 0.189. The normalized spacial score (nSPS) is 16.7. The van der Waals surface area contributed by atoms with Crippen LogP contribution in [0.3, 0.4) is 0 Å². The number of ether oxygens (including phenoxy) is 1. The molecule has 0 bridgehead atoms. The van der Waals surface area contributed by atoms with Gasteiger partial charge in [0.2, 0.25) is 0 Å². The Morgan fingerprint density at radius 1 is 1.40 bits per heavy atom. The van der Waals surface area contributed by atoms with Gasteiger partial charge >= 0.3 is 0 Å². The second-order valence-electron chi connectivity index (χ2n) is 5.63. The molecule has 1 heterocycles. The van der Waals surface area contributed by atoms with Crippen LogP contribution in [0.1, 0.15) is 37.9 Å². The third-order valence-corrected chi connectivity index (χ3v) is 3.88. The molecule has 1 atom stereocenters. The Labute approximate surface area is 120 Å². The van der Waals surface area contributed by atoms with E-state index >= 15 is 0 Å². The molecule has 4 heteroatoms. The lowest BCUT2D eigenvalue weighted by Crippen LogP contribution is -2.21. The quantitative estimate of drug-likeness (QED) is 0.788. The van der Waals surface area contributed by atoms with Crippen LogP contribution in [0.5, 0.6) is 0 Å². The molecule has 1 N–H and O–H groups in total. The van der Waals surface area contributed by atoms with E-state index in [9.17, 15) is 0 Å². The van der Waals surface area contributed by atoms with E-state index in [1.54, 1.807) is 7.11 Å². The predicted molar refractivity (Wildman–Crippen MR) is 80.8 cm³/mol. The molecule has 0 aliphatic heterocycles. The lowest BCUT2D eigenvalue weighted by Gasteiger charge is -2.10. The van der Waals surface area contributed by atoms with E-state index in [2.05, 4.69) is 41.2 Å². The summed E-state index contributed by atoms with van der Waals surface area (Å²) >= 11 is 0. The van der Waals surface area contributed by atoms with E-state index in [0.29, 0.717) is 12.1 Å². The minimum absolute atomic E-state index is 0.316. The minimum Gasteiger partial charge on any atom is -0.385 e. The number of benzene rings is 1. The van der Waals surface area contributed by atoms with Crippen molar-refractivity contribution in [3.05, 3.63) is 30.0 Å². The minimum atomic E-state index is 0.316. The number of nitrogens with one attached hydrogen (secondary N) is 1. The van der Waals surface area contributed by atoms with Crippen molar-refractivity contribution in [3.8, 4) is 0 Å². The van der Waals surface area contributed by atoms with Gasteiger partial charge in [-0.15, -0.1) is 0 Å². The monoisotopic (exact) mass is 273 g/mol. The highest BCUT2D eigenvalue weighted by molar-refractivity contribution is 5.82. The number of nitrogens with zero attached hydrogens (tertiary/aromatic N) is 2. The highest BCUT2D eigenvalue weighted by atomic mass is 16.5.